The van der Waals surface area contributed by atoms with Crippen LogP contribution in [0.4, 0.5) is 5.82 Å². The van der Waals surface area contributed by atoms with Gasteiger partial charge in [-0.1, -0.05) is 42.5 Å². The van der Waals surface area contributed by atoms with Crippen molar-refractivity contribution >= 4 is 11.7 Å². The van der Waals surface area contributed by atoms with E-state index in [9.17, 15) is 4.79 Å². The van der Waals surface area contributed by atoms with Gasteiger partial charge in [0.05, 0.1) is 12.8 Å². The minimum atomic E-state index is 0.00457. The van der Waals surface area contributed by atoms with Crippen LogP contribution in [0, 0.1) is 0 Å². The number of benzene rings is 2. The summed E-state index contributed by atoms with van der Waals surface area (Å²) >= 11 is 0. The zero-order valence-corrected chi connectivity index (χ0v) is 13.7. The molecule has 0 unspecified atom stereocenters. The predicted octanol–water partition coefficient (Wildman–Crippen LogP) is 3.51. The number of nitrogens with one attached hydrogen (secondary N) is 2. The van der Waals surface area contributed by atoms with Crippen molar-refractivity contribution in [2.45, 2.75) is 18.8 Å². The average molecular weight is 333 g/mol. The maximum Gasteiger partial charge on any atom is 0.226 e. The molecule has 2 N–H and O–H groups in total. The van der Waals surface area contributed by atoms with Crippen LogP contribution in [0.1, 0.15) is 29.0 Å². The summed E-state index contributed by atoms with van der Waals surface area (Å²) in [4.78, 5) is 11.9. The van der Waals surface area contributed by atoms with Crippen LogP contribution in [0.5, 0.6) is 5.75 Å². The Labute approximate surface area is 146 Å². The number of rotatable bonds is 5. The van der Waals surface area contributed by atoms with E-state index >= 15 is 0 Å². The topological polar surface area (TPSA) is 67.0 Å². The van der Waals surface area contributed by atoms with Gasteiger partial charge in [-0.2, -0.15) is 5.10 Å². The Morgan fingerprint density at radius 2 is 1.88 bits per heavy atom. The van der Waals surface area contributed by atoms with Crippen molar-refractivity contribution in [3.05, 3.63) is 77.5 Å². The second kappa shape index (κ2) is 6.81. The molecule has 0 bridgehead atoms. The summed E-state index contributed by atoms with van der Waals surface area (Å²) in [6, 6.07) is 18.3. The lowest BCUT2D eigenvalue weighted by Crippen LogP contribution is -2.22. The van der Waals surface area contributed by atoms with E-state index in [1.54, 1.807) is 6.20 Å². The summed E-state index contributed by atoms with van der Waals surface area (Å²) in [6.45, 7) is 0.640. The second-order valence-corrected chi connectivity index (χ2v) is 6.16. The molecule has 1 atom stereocenters. The van der Waals surface area contributed by atoms with Gasteiger partial charge in [0.1, 0.15) is 11.6 Å². The predicted molar refractivity (Wildman–Crippen MR) is 95.8 cm³/mol. The third kappa shape index (κ3) is 3.40. The van der Waals surface area contributed by atoms with Crippen molar-refractivity contribution in [1.82, 2.24) is 10.2 Å². The van der Waals surface area contributed by atoms with Gasteiger partial charge in [0.15, 0.2) is 0 Å². The largest absolute Gasteiger partial charge is 0.493 e. The molecule has 0 saturated carbocycles. The SMILES string of the molecule is O=C1C[C@@H](c2ccc(OCCc3ccccc3)cc2)c2cn[nH]c2N1. The maximum absolute atomic E-state index is 11.9. The number of aromatic nitrogens is 2. The highest BCUT2D eigenvalue weighted by Gasteiger charge is 2.27. The zero-order chi connectivity index (χ0) is 17.1. The zero-order valence-electron chi connectivity index (χ0n) is 13.7. The van der Waals surface area contributed by atoms with Gasteiger partial charge in [0.2, 0.25) is 5.91 Å². The number of aromatic amines is 1. The summed E-state index contributed by atoms with van der Waals surface area (Å²) < 4.78 is 5.83. The molecule has 4 rings (SSSR count). The third-order valence-corrected chi connectivity index (χ3v) is 4.48. The van der Waals surface area contributed by atoms with Gasteiger partial charge < -0.3 is 10.1 Å². The number of ether oxygens (including phenoxy) is 1. The lowest BCUT2D eigenvalue weighted by atomic mass is 9.87. The van der Waals surface area contributed by atoms with E-state index in [0.29, 0.717) is 18.8 Å². The fourth-order valence-electron chi connectivity index (χ4n) is 3.17. The highest BCUT2D eigenvalue weighted by Crippen LogP contribution is 2.36. The third-order valence-electron chi connectivity index (χ3n) is 4.48. The number of nitrogens with zero attached hydrogens (tertiary/aromatic N) is 1. The summed E-state index contributed by atoms with van der Waals surface area (Å²) in [6.07, 6.45) is 3.09. The molecule has 0 spiro atoms. The molecule has 25 heavy (non-hydrogen) atoms. The first-order valence-electron chi connectivity index (χ1n) is 8.39. The summed E-state index contributed by atoms with van der Waals surface area (Å²) in [7, 11) is 0. The first-order valence-corrected chi connectivity index (χ1v) is 8.39. The van der Waals surface area contributed by atoms with Crippen LogP contribution in [0.2, 0.25) is 0 Å². The highest BCUT2D eigenvalue weighted by molar-refractivity contribution is 5.94. The number of hydrogen-bond donors (Lipinski definition) is 2. The van der Waals surface area contributed by atoms with E-state index in [0.717, 1.165) is 23.3 Å². The van der Waals surface area contributed by atoms with Crippen molar-refractivity contribution in [3.63, 3.8) is 0 Å². The van der Waals surface area contributed by atoms with Crippen LogP contribution in [-0.2, 0) is 11.2 Å². The molecular weight excluding hydrogens is 314 g/mol. The number of amides is 1. The number of hydrogen-bond acceptors (Lipinski definition) is 3. The van der Waals surface area contributed by atoms with Gasteiger partial charge in [0.25, 0.3) is 0 Å². The Morgan fingerprint density at radius 1 is 1.08 bits per heavy atom. The fraction of sp³-hybridized carbons (Fsp3) is 0.200. The van der Waals surface area contributed by atoms with Gasteiger partial charge in [-0.3, -0.25) is 9.89 Å². The molecule has 2 aromatic carbocycles. The average Bonchev–Trinajstić information content (AvgIpc) is 3.11. The quantitative estimate of drug-likeness (QED) is 0.751. The summed E-state index contributed by atoms with van der Waals surface area (Å²) in [5, 5.41) is 9.69. The lowest BCUT2D eigenvalue weighted by molar-refractivity contribution is -0.116. The van der Waals surface area contributed by atoms with Gasteiger partial charge >= 0.3 is 0 Å². The van der Waals surface area contributed by atoms with Crippen LogP contribution in [0.3, 0.4) is 0 Å². The Kier molecular flexibility index (Phi) is 4.21. The van der Waals surface area contributed by atoms with Gasteiger partial charge in [0, 0.05) is 24.3 Å². The van der Waals surface area contributed by atoms with Crippen LogP contribution < -0.4 is 10.1 Å². The van der Waals surface area contributed by atoms with Crippen molar-refractivity contribution in [2.24, 2.45) is 0 Å². The Bertz CT molecular complexity index is 856. The Morgan fingerprint density at radius 3 is 2.68 bits per heavy atom. The Hall–Kier alpha value is -3.08. The van der Waals surface area contributed by atoms with Crippen molar-refractivity contribution in [1.29, 1.82) is 0 Å². The number of carbonyl (C=O) groups excluding carboxylic acids is 1. The summed E-state index contributed by atoms with van der Waals surface area (Å²) in [5.41, 5.74) is 3.38. The van der Waals surface area contributed by atoms with E-state index in [4.69, 9.17) is 4.74 Å². The molecule has 3 aromatic rings. The highest BCUT2D eigenvalue weighted by atomic mass is 16.5. The van der Waals surface area contributed by atoms with E-state index < -0.39 is 0 Å². The number of anilines is 1. The van der Waals surface area contributed by atoms with Crippen LogP contribution in [0.25, 0.3) is 0 Å². The van der Waals surface area contributed by atoms with Crippen LogP contribution >= 0.6 is 0 Å². The van der Waals surface area contributed by atoms with Crippen LogP contribution in [-0.4, -0.2) is 22.7 Å². The number of fused-ring (bicyclic) bond motifs is 1. The smallest absolute Gasteiger partial charge is 0.226 e. The molecular formula is C20H19N3O2. The molecule has 0 saturated heterocycles. The molecule has 0 radical (unpaired) electrons. The van der Waals surface area contributed by atoms with Gasteiger partial charge in [-0.05, 0) is 23.3 Å². The molecule has 5 heteroatoms. The number of carbonyl (C=O) groups is 1. The first-order chi connectivity index (χ1) is 12.3. The number of H-pyrrole nitrogens is 1. The minimum Gasteiger partial charge on any atom is -0.493 e. The molecule has 1 aliphatic rings. The van der Waals surface area contributed by atoms with Crippen LogP contribution in [0.15, 0.2) is 60.8 Å². The second-order valence-electron chi connectivity index (χ2n) is 6.16. The molecule has 0 fully saturated rings. The van der Waals surface area contributed by atoms with Gasteiger partial charge in [-0.25, -0.2) is 0 Å². The van der Waals surface area contributed by atoms with E-state index in [-0.39, 0.29) is 11.8 Å². The monoisotopic (exact) mass is 333 g/mol. The molecule has 0 aliphatic carbocycles. The van der Waals surface area contributed by atoms with E-state index in [2.05, 4.69) is 27.6 Å². The minimum absolute atomic E-state index is 0.00457. The lowest BCUT2D eigenvalue weighted by Gasteiger charge is -2.22. The molecule has 1 aromatic heterocycles. The fourth-order valence-corrected chi connectivity index (χ4v) is 3.17. The normalized spacial score (nSPS) is 16.2. The van der Waals surface area contributed by atoms with E-state index in [1.165, 1.54) is 5.56 Å². The summed E-state index contributed by atoms with van der Waals surface area (Å²) in [5.74, 6) is 1.57. The van der Waals surface area contributed by atoms with Crippen molar-refractivity contribution in [3.8, 4) is 5.75 Å². The van der Waals surface area contributed by atoms with Crippen molar-refractivity contribution in [2.75, 3.05) is 11.9 Å². The Balaban J connectivity index is 1.42. The molecule has 1 amide bonds. The first kappa shape index (κ1) is 15.4. The molecule has 1 aliphatic heterocycles. The van der Waals surface area contributed by atoms with Gasteiger partial charge in [-0.15, -0.1) is 0 Å². The van der Waals surface area contributed by atoms with Crippen molar-refractivity contribution < 1.29 is 9.53 Å². The molecule has 2 heterocycles. The molecule has 5 nitrogen and oxygen atoms in total. The maximum atomic E-state index is 11.9. The molecule has 126 valence electrons. The van der Waals surface area contributed by atoms with E-state index in [1.807, 2.05) is 42.5 Å². The standard InChI is InChI=1S/C20H19N3O2/c24-19-12-17(18-13-21-23-20(18)22-19)15-6-8-16(9-7-15)25-11-10-14-4-2-1-3-5-14/h1-9,13,17H,10-12H2,(H2,21,22,23,24)/t17-/m0/s1.